The number of aromatic nitrogens is 4. The lowest BCUT2D eigenvalue weighted by molar-refractivity contribution is -0.118. The van der Waals surface area contributed by atoms with E-state index in [4.69, 9.17) is 10.2 Å². The molecule has 8 nitrogen and oxygen atoms in total. The van der Waals surface area contributed by atoms with Gasteiger partial charge < -0.3 is 19.3 Å². The molecule has 2 N–H and O–H groups in total. The van der Waals surface area contributed by atoms with Crippen molar-refractivity contribution >= 4 is 23.5 Å². The summed E-state index contributed by atoms with van der Waals surface area (Å²) in [7, 11) is 1.82. The predicted octanol–water partition coefficient (Wildman–Crippen LogP) is 2.27. The van der Waals surface area contributed by atoms with Crippen LogP contribution in [0, 0.1) is 13.8 Å². The normalized spacial score (nSPS) is 11.1. The molecule has 0 aromatic carbocycles. The maximum Gasteiger partial charge on any atom is 0.217 e. The van der Waals surface area contributed by atoms with Crippen LogP contribution in [0.2, 0.25) is 0 Å². The number of carbonyl (C=O) groups is 2. The highest BCUT2D eigenvalue weighted by molar-refractivity contribution is 7.99. The molecule has 0 saturated heterocycles. The van der Waals surface area contributed by atoms with Gasteiger partial charge in [0.05, 0.1) is 18.6 Å². The standard InChI is InChI=1S/C19H23N5O3S/c1-12-9-15(13(2)24(12)10-14-5-4-8-27-14)16(25)11-28-19-22-21-18(23(19)3)7-6-17(20)26/h4-5,8-9H,6-7,10-11H2,1-3H3,(H2,20,26). The smallest absolute Gasteiger partial charge is 0.217 e. The van der Waals surface area contributed by atoms with Crippen molar-refractivity contribution in [2.75, 3.05) is 5.75 Å². The van der Waals surface area contributed by atoms with Gasteiger partial charge in [-0.3, -0.25) is 9.59 Å². The number of amides is 1. The van der Waals surface area contributed by atoms with Gasteiger partial charge in [-0.1, -0.05) is 11.8 Å². The second kappa shape index (κ2) is 8.47. The number of hydrogen-bond acceptors (Lipinski definition) is 6. The maximum atomic E-state index is 12.8. The molecule has 0 atom stereocenters. The van der Waals surface area contributed by atoms with Crippen LogP contribution in [-0.4, -0.2) is 36.8 Å². The number of aryl methyl sites for hydroxylation is 2. The molecule has 0 unspecified atom stereocenters. The number of nitrogens with two attached hydrogens (primary N) is 1. The first-order valence-corrected chi connectivity index (χ1v) is 9.87. The molecule has 3 heterocycles. The zero-order chi connectivity index (χ0) is 20.3. The molecule has 0 aliphatic carbocycles. The summed E-state index contributed by atoms with van der Waals surface area (Å²) in [5.41, 5.74) is 7.80. The van der Waals surface area contributed by atoms with E-state index in [-0.39, 0.29) is 23.9 Å². The first-order chi connectivity index (χ1) is 13.4. The van der Waals surface area contributed by atoms with E-state index in [1.165, 1.54) is 11.8 Å². The lowest BCUT2D eigenvalue weighted by Crippen LogP contribution is -2.13. The zero-order valence-electron chi connectivity index (χ0n) is 16.1. The minimum Gasteiger partial charge on any atom is -0.467 e. The Balaban J connectivity index is 1.66. The molecule has 3 rings (SSSR count). The van der Waals surface area contributed by atoms with E-state index < -0.39 is 0 Å². The lowest BCUT2D eigenvalue weighted by Gasteiger charge is -2.08. The third-order valence-electron chi connectivity index (χ3n) is 4.62. The molecular formula is C19H23N5O3S. The van der Waals surface area contributed by atoms with Crippen molar-refractivity contribution in [3.8, 4) is 0 Å². The summed E-state index contributed by atoms with van der Waals surface area (Å²) < 4.78 is 9.28. The predicted molar refractivity (Wildman–Crippen MR) is 105 cm³/mol. The van der Waals surface area contributed by atoms with Crippen molar-refractivity contribution in [3.63, 3.8) is 0 Å². The van der Waals surface area contributed by atoms with Gasteiger partial charge in [0.25, 0.3) is 0 Å². The largest absolute Gasteiger partial charge is 0.467 e. The number of rotatable bonds is 9. The van der Waals surface area contributed by atoms with Crippen LogP contribution in [0.3, 0.4) is 0 Å². The number of carbonyl (C=O) groups excluding carboxylic acids is 2. The first kappa shape index (κ1) is 19.9. The fraction of sp³-hybridized carbons (Fsp3) is 0.368. The Morgan fingerprint density at radius 1 is 1.29 bits per heavy atom. The third kappa shape index (κ3) is 4.36. The van der Waals surface area contributed by atoms with Crippen molar-refractivity contribution in [3.05, 3.63) is 53.0 Å². The summed E-state index contributed by atoms with van der Waals surface area (Å²) in [5, 5.41) is 8.82. The Morgan fingerprint density at radius 2 is 2.07 bits per heavy atom. The first-order valence-electron chi connectivity index (χ1n) is 8.88. The van der Waals surface area contributed by atoms with Gasteiger partial charge in [0.15, 0.2) is 10.9 Å². The van der Waals surface area contributed by atoms with Crippen molar-refractivity contribution in [1.82, 2.24) is 19.3 Å². The molecule has 3 aromatic heterocycles. The summed E-state index contributed by atoms with van der Waals surface area (Å²) >= 11 is 1.33. The Morgan fingerprint density at radius 3 is 2.75 bits per heavy atom. The summed E-state index contributed by atoms with van der Waals surface area (Å²) in [6.45, 7) is 4.52. The van der Waals surface area contributed by atoms with Gasteiger partial charge in [0.2, 0.25) is 5.91 Å². The Kier molecular flexibility index (Phi) is 6.03. The third-order valence-corrected chi connectivity index (χ3v) is 5.64. The van der Waals surface area contributed by atoms with Crippen LogP contribution in [0.4, 0.5) is 0 Å². The summed E-state index contributed by atoms with van der Waals surface area (Å²) in [6, 6.07) is 5.68. The Hall–Kier alpha value is -2.81. The van der Waals surface area contributed by atoms with Crippen LogP contribution < -0.4 is 5.73 Å². The molecule has 9 heteroatoms. The maximum absolute atomic E-state index is 12.8. The van der Waals surface area contributed by atoms with E-state index in [2.05, 4.69) is 14.8 Å². The molecule has 0 saturated carbocycles. The van der Waals surface area contributed by atoms with Crippen molar-refractivity contribution in [1.29, 1.82) is 0 Å². The van der Waals surface area contributed by atoms with Crippen LogP contribution in [0.25, 0.3) is 0 Å². The molecule has 0 bridgehead atoms. The second-order valence-electron chi connectivity index (χ2n) is 6.59. The van der Waals surface area contributed by atoms with Gasteiger partial charge in [-0.2, -0.15) is 0 Å². The molecule has 0 fully saturated rings. The molecule has 0 aliphatic rings. The fourth-order valence-electron chi connectivity index (χ4n) is 3.02. The van der Waals surface area contributed by atoms with Crippen molar-refractivity contribution < 1.29 is 14.0 Å². The van der Waals surface area contributed by atoms with E-state index in [9.17, 15) is 9.59 Å². The van der Waals surface area contributed by atoms with Crippen LogP contribution in [0.1, 0.15) is 39.8 Å². The highest BCUT2D eigenvalue weighted by atomic mass is 32.2. The number of hydrogen-bond donors (Lipinski definition) is 1. The minimum atomic E-state index is -0.378. The number of Topliss-reactive ketones (excluding diaryl/α,β-unsaturated/α-hetero) is 1. The van der Waals surface area contributed by atoms with E-state index in [1.807, 2.05) is 39.1 Å². The molecule has 3 aromatic rings. The molecule has 0 aliphatic heterocycles. The van der Waals surface area contributed by atoms with Crippen LogP contribution in [0.5, 0.6) is 0 Å². The van der Waals surface area contributed by atoms with E-state index >= 15 is 0 Å². The highest BCUT2D eigenvalue weighted by Crippen LogP contribution is 2.22. The molecule has 0 spiro atoms. The van der Waals surface area contributed by atoms with Crippen LogP contribution in [-0.2, 0) is 24.8 Å². The van der Waals surface area contributed by atoms with Gasteiger partial charge in [0.1, 0.15) is 11.6 Å². The number of primary amides is 1. The molecule has 0 radical (unpaired) electrons. The van der Waals surface area contributed by atoms with E-state index in [0.29, 0.717) is 29.5 Å². The summed E-state index contributed by atoms with van der Waals surface area (Å²) in [4.78, 5) is 23.7. The number of nitrogens with zero attached hydrogens (tertiary/aromatic N) is 4. The number of ketones is 1. The van der Waals surface area contributed by atoms with Crippen molar-refractivity contribution in [2.45, 2.75) is 38.4 Å². The van der Waals surface area contributed by atoms with E-state index in [1.54, 1.807) is 10.8 Å². The summed E-state index contributed by atoms with van der Waals surface area (Å²) in [5.74, 6) is 1.43. The minimum absolute atomic E-state index is 0.0329. The molecule has 1 amide bonds. The van der Waals surface area contributed by atoms with E-state index in [0.717, 1.165) is 17.1 Å². The fourth-order valence-corrected chi connectivity index (χ4v) is 3.83. The number of furan rings is 1. The Bertz CT molecular complexity index is 988. The molecular weight excluding hydrogens is 378 g/mol. The topological polar surface area (TPSA) is 109 Å². The highest BCUT2D eigenvalue weighted by Gasteiger charge is 2.18. The second-order valence-corrected chi connectivity index (χ2v) is 7.53. The molecule has 28 heavy (non-hydrogen) atoms. The van der Waals surface area contributed by atoms with Gasteiger partial charge in [0, 0.05) is 36.8 Å². The monoisotopic (exact) mass is 401 g/mol. The lowest BCUT2D eigenvalue weighted by atomic mass is 10.2. The average molecular weight is 401 g/mol. The Labute approximate surface area is 167 Å². The van der Waals surface area contributed by atoms with Crippen LogP contribution >= 0.6 is 11.8 Å². The van der Waals surface area contributed by atoms with Gasteiger partial charge in [-0.05, 0) is 32.0 Å². The van der Waals surface area contributed by atoms with Crippen LogP contribution in [0.15, 0.2) is 34.0 Å². The molecule has 148 valence electrons. The van der Waals surface area contributed by atoms with Gasteiger partial charge >= 0.3 is 0 Å². The van der Waals surface area contributed by atoms with Gasteiger partial charge in [-0.25, -0.2) is 0 Å². The zero-order valence-corrected chi connectivity index (χ0v) is 17.0. The van der Waals surface area contributed by atoms with Gasteiger partial charge in [-0.15, -0.1) is 10.2 Å². The quantitative estimate of drug-likeness (QED) is 0.435. The van der Waals surface area contributed by atoms with Crippen molar-refractivity contribution in [2.24, 2.45) is 12.8 Å². The summed E-state index contributed by atoms with van der Waals surface area (Å²) in [6.07, 6.45) is 2.29. The SMILES string of the molecule is Cc1cc(C(=O)CSc2nnc(CCC(N)=O)n2C)c(C)n1Cc1ccco1. The number of thioether (sulfide) groups is 1. The average Bonchev–Trinajstić information content (AvgIpc) is 3.35.